The Kier molecular flexibility index (Phi) is 7.59. The van der Waals surface area contributed by atoms with Gasteiger partial charge in [-0.1, -0.05) is 31.7 Å². The summed E-state index contributed by atoms with van der Waals surface area (Å²) in [7, 11) is 0. The van der Waals surface area contributed by atoms with E-state index >= 15 is 0 Å². The van der Waals surface area contributed by atoms with E-state index in [4.69, 9.17) is 0 Å². The molecule has 0 saturated heterocycles. The summed E-state index contributed by atoms with van der Waals surface area (Å²) in [6.07, 6.45) is 8.51. The molecule has 4 nitrogen and oxygen atoms in total. The molecule has 2 amide bonds. The molecule has 2 rings (SSSR count). The summed E-state index contributed by atoms with van der Waals surface area (Å²) in [5.41, 5.74) is 0. The van der Waals surface area contributed by atoms with Crippen molar-refractivity contribution in [2.45, 2.75) is 76.8 Å². The average Bonchev–Trinajstić information content (AvgIpc) is 2.88. The molecule has 23 heavy (non-hydrogen) atoms. The third-order valence-corrected chi connectivity index (χ3v) is 5.19. The lowest BCUT2D eigenvalue weighted by Crippen LogP contribution is -2.37. The van der Waals surface area contributed by atoms with Crippen LogP contribution in [0.1, 0.15) is 63.2 Å². The van der Waals surface area contributed by atoms with Crippen molar-refractivity contribution < 1.29 is 9.59 Å². The molecule has 1 saturated carbocycles. The normalized spacial score (nSPS) is 17.3. The van der Waals surface area contributed by atoms with Crippen molar-refractivity contribution in [1.82, 2.24) is 10.6 Å². The maximum Gasteiger partial charge on any atom is 0.220 e. The minimum absolute atomic E-state index is 0.0120. The molecule has 0 aromatic carbocycles. The van der Waals surface area contributed by atoms with Gasteiger partial charge in [-0.2, -0.15) is 0 Å². The Labute approximate surface area is 143 Å². The molecule has 0 spiro atoms. The van der Waals surface area contributed by atoms with Gasteiger partial charge in [-0.15, -0.1) is 11.3 Å². The fraction of sp³-hybridized carbons (Fsp3) is 0.667. The van der Waals surface area contributed by atoms with E-state index in [2.05, 4.69) is 16.7 Å². The quantitative estimate of drug-likeness (QED) is 0.750. The topological polar surface area (TPSA) is 58.2 Å². The van der Waals surface area contributed by atoms with E-state index < -0.39 is 0 Å². The summed E-state index contributed by atoms with van der Waals surface area (Å²) in [6.45, 7) is 2.00. The third kappa shape index (κ3) is 7.16. The lowest BCUT2D eigenvalue weighted by atomic mass is 10.1. The number of rotatable bonds is 7. The van der Waals surface area contributed by atoms with Crippen molar-refractivity contribution in [2.24, 2.45) is 0 Å². The maximum atomic E-state index is 12.0. The molecular weight excluding hydrogens is 308 g/mol. The van der Waals surface area contributed by atoms with Gasteiger partial charge in [0.25, 0.3) is 0 Å². The highest BCUT2D eigenvalue weighted by molar-refractivity contribution is 7.09. The highest BCUT2D eigenvalue weighted by Crippen LogP contribution is 2.17. The van der Waals surface area contributed by atoms with Crippen LogP contribution in [0.25, 0.3) is 0 Å². The second kappa shape index (κ2) is 9.71. The molecule has 0 radical (unpaired) electrons. The van der Waals surface area contributed by atoms with Crippen LogP contribution in [0.5, 0.6) is 0 Å². The number of hydrogen-bond acceptors (Lipinski definition) is 3. The summed E-state index contributed by atoms with van der Waals surface area (Å²) < 4.78 is 0. The summed E-state index contributed by atoms with van der Waals surface area (Å²) in [5, 5.41) is 8.10. The van der Waals surface area contributed by atoms with Crippen LogP contribution in [-0.4, -0.2) is 23.9 Å². The van der Waals surface area contributed by atoms with E-state index in [1.54, 1.807) is 11.3 Å². The van der Waals surface area contributed by atoms with Crippen LogP contribution in [0, 0.1) is 0 Å². The zero-order valence-electron chi connectivity index (χ0n) is 14.0. The first-order chi connectivity index (χ1) is 11.1. The Morgan fingerprint density at radius 1 is 1.17 bits per heavy atom. The molecule has 1 fully saturated rings. The molecule has 0 unspecified atom stereocenters. The van der Waals surface area contributed by atoms with Gasteiger partial charge in [-0.05, 0) is 31.2 Å². The lowest BCUT2D eigenvalue weighted by Gasteiger charge is -2.16. The van der Waals surface area contributed by atoms with Crippen LogP contribution in [-0.2, 0) is 16.0 Å². The van der Waals surface area contributed by atoms with E-state index in [-0.39, 0.29) is 30.7 Å². The van der Waals surface area contributed by atoms with Gasteiger partial charge in [0.1, 0.15) is 0 Å². The van der Waals surface area contributed by atoms with E-state index in [0.717, 1.165) is 19.3 Å². The molecule has 0 bridgehead atoms. The van der Waals surface area contributed by atoms with Gasteiger partial charge in [0.05, 0.1) is 0 Å². The number of carbonyl (C=O) groups excluding carboxylic acids is 2. The monoisotopic (exact) mass is 336 g/mol. The van der Waals surface area contributed by atoms with Crippen LogP contribution in [0.2, 0.25) is 0 Å². The van der Waals surface area contributed by atoms with Crippen LogP contribution in [0.3, 0.4) is 0 Å². The number of nitrogens with one attached hydrogen (secondary N) is 2. The molecule has 2 N–H and O–H groups in total. The highest BCUT2D eigenvalue weighted by Gasteiger charge is 2.16. The molecule has 1 aromatic rings. The van der Waals surface area contributed by atoms with Crippen molar-refractivity contribution in [3.05, 3.63) is 22.4 Å². The largest absolute Gasteiger partial charge is 0.353 e. The van der Waals surface area contributed by atoms with Crippen LogP contribution >= 0.6 is 11.3 Å². The smallest absolute Gasteiger partial charge is 0.220 e. The Morgan fingerprint density at radius 2 is 1.87 bits per heavy atom. The number of thiophene rings is 1. The van der Waals surface area contributed by atoms with Crippen molar-refractivity contribution in [3.63, 3.8) is 0 Å². The van der Waals surface area contributed by atoms with Crippen LogP contribution < -0.4 is 10.6 Å². The van der Waals surface area contributed by atoms with E-state index in [1.165, 1.54) is 30.6 Å². The number of carbonyl (C=O) groups is 2. The fourth-order valence-corrected chi connectivity index (χ4v) is 3.91. The van der Waals surface area contributed by atoms with Gasteiger partial charge in [-0.3, -0.25) is 9.59 Å². The van der Waals surface area contributed by atoms with Gasteiger partial charge in [0.2, 0.25) is 11.8 Å². The Hall–Kier alpha value is -1.36. The summed E-state index contributed by atoms with van der Waals surface area (Å²) in [5.74, 6) is -0.0250. The fourth-order valence-electron chi connectivity index (χ4n) is 3.08. The lowest BCUT2D eigenvalue weighted by molar-refractivity contribution is -0.127. The Balaban J connectivity index is 1.62. The zero-order chi connectivity index (χ0) is 16.5. The summed E-state index contributed by atoms with van der Waals surface area (Å²) in [4.78, 5) is 25.2. The highest BCUT2D eigenvalue weighted by atomic mass is 32.1. The molecule has 5 heteroatoms. The van der Waals surface area contributed by atoms with Crippen LogP contribution in [0.15, 0.2) is 17.5 Å². The molecule has 128 valence electrons. The van der Waals surface area contributed by atoms with Crippen molar-refractivity contribution in [3.8, 4) is 0 Å². The number of hydrogen-bond donors (Lipinski definition) is 2. The molecule has 0 aliphatic heterocycles. The molecular formula is C18H28N2O2S. The molecule has 1 aromatic heterocycles. The first-order valence-corrected chi connectivity index (χ1v) is 9.62. The molecule has 1 aliphatic rings. The second-order valence-electron chi connectivity index (χ2n) is 6.51. The van der Waals surface area contributed by atoms with Crippen molar-refractivity contribution >= 4 is 23.2 Å². The van der Waals surface area contributed by atoms with E-state index in [1.807, 2.05) is 18.4 Å². The standard InChI is InChI=1S/C18H28N2O2S/c1-14(13-16-9-6-12-23-16)19-17(21)10-11-18(22)20-15-7-4-2-3-5-8-15/h6,9,12,14-15H,2-5,7-8,10-11,13H2,1H3,(H,19,21)(H,20,22)/t14-/m1/s1. The maximum absolute atomic E-state index is 12.0. The predicted octanol–water partition coefficient (Wildman–Crippen LogP) is 3.41. The number of amides is 2. The molecule has 1 heterocycles. The van der Waals surface area contributed by atoms with Gasteiger partial charge < -0.3 is 10.6 Å². The second-order valence-corrected chi connectivity index (χ2v) is 7.54. The zero-order valence-corrected chi connectivity index (χ0v) is 14.8. The predicted molar refractivity (Wildman–Crippen MR) is 94.5 cm³/mol. The first kappa shape index (κ1) is 18.0. The van der Waals surface area contributed by atoms with E-state index in [9.17, 15) is 9.59 Å². The van der Waals surface area contributed by atoms with Gasteiger partial charge in [-0.25, -0.2) is 0 Å². The van der Waals surface area contributed by atoms with Crippen molar-refractivity contribution in [2.75, 3.05) is 0 Å². The summed E-state index contributed by atoms with van der Waals surface area (Å²) >= 11 is 1.70. The van der Waals surface area contributed by atoms with Gasteiger partial charge >= 0.3 is 0 Å². The van der Waals surface area contributed by atoms with E-state index in [0.29, 0.717) is 6.04 Å². The first-order valence-electron chi connectivity index (χ1n) is 8.74. The minimum atomic E-state index is -0.0370. The Morgan fingerprint density at radius 3 is 2.52 bits per heavy atom. The third-order valence-electron chi connectivity index (χ3n) is 4.29. The summed E-state index contributed by atoms with van der Waals surface area (Å²) in [6, 6.07) is 4.51. The van der Waals surface area contributed by atoms with Gasteiger partial charge in [0.15, 0.2) is 0 Å². The van der Waals surface area contributed by atoms with Crippen LogP contribution in [0.4, 0.5) is 0 Å². The van der Waals surface area contributed by atoms with Crippen molar-refractivity contribution in [1.29, 1.82) is 0 Å². The van der Waals surface area contributed by atoms with Gasteiger partial charge in [0, 0.05) is 36.2 Å². The molecule has 1 atom stereocenters. The molecule has 1 aliphatic carbocycles. The Bertz CT molecular complexity index is 479. The SMILES string of the molecule is C[C@H](Cc1cccs1)NC(=O)CCC(=O)NC1CCCCCC1. The minimum Gasteiger partial charge on any atom is -0.353 e. The average molecular weight is 337 g/mol.